The molecule has 0 spiro atoms. The lowest BCUT2D eigenvalue weighted by molar-refractivity contribution is 0.128. The SMILES string of the molecule is CCOCc1nc(N)cc(NC2C3C4CCC(C4)C23)n1. The molecule has 4 unspecified atom stereocenters. The third kappa shape index (κ3) is 1.95. The third-order valence-electron chi connectivity index (χ3n) is 5.28. The maximum atomic E-state index is 5.86. The fourth-order valence-corrected chi connectivity index (χ4v) is 4.54. The van der Waals surface area contributed by atoms with E-state index < -0.39 is 0 Å². The first kappa shape index (κ1) is 12.4. The van der Waals surface area contributed by atoms with Crippen LogP contribution in [0.2, 0.25) is 0 Å². The van der Waals surface area contributed by atoms with E-state index in [1.54, 1.807) is 0 Å². The highest BCUT2D eigenvalue weighted by Crippen LogP contribution is 2.66. The van der Waals surface area contributed by atoms with Crippen LogP contribution in [0.25, 0.3) is 0 Å². The van der Waals surface area contributed by atoms with Gasteiger partial charge in [0.25, 0.3) is 0 Å². The van der Waals surface area contributed by atoms with Gasteiger partial charge in [-0.25, -0.2) is 9.97 Å². The number of nitrogen functional groups attached to an aromatic ring is 1. The number of nitrogens with one attached hydrogen (secondary N) is 1. The van der Waals surface area contributed by atoms with Gasteiger partial charge in [0, 0.05) is 18.7 Å². The van der Waals surface area contributed by atoms with Crippen LogP contribution in [-0.4, -0.2) is 22.6 Å². The van der Waals surface area contributed by atoms with Crippen LogP contribution in [0.15, 0.2) is 6.07 Å². The molecule has 3 aliphatic rings. The van der Waals surface area contributed by atoms with Gasteiger partial charge >= 0.3 is 0 Å². The molecule has 0 saturated heterocycles. The Balaban J connectivity index is 1.45. The van der Waals surface area contributed by atoms with E-state index >= 15 is 0 Å². The van der Waals surface area contributed by atoms with Gasteiger partial charge in [-0.2, -0.15) is 0 Å². The summed E-state index contributed by atoms with van der Waals surface area (Å²) in [5.74, 6) is 5.76. The van der Waals surface area contributed by atoms with Crippen molar-refractivity contribution in [3.8, 4) is 0 Å². The Hall–Kier alpha value is -1.36. The van der Waals surface area contributed by atoms with Crippen LogP contribution in [0.3, 0.4) is 0 Å². The number of hydrogen-bond acceptors (Lipinski definition) is 5. The zero-order chi connectivity index (χ0) is 13.7. The molecule has 108 valence electrons. The van der Waals surface area contributed by atoms with Crippen molar-refractivity contribution >= 4 is 11.6 Å². The van der Waals surface area contributed by atoms with E-state index in [0.717, 1.165) is 29.5 Å². The average molecular weight is 274 g/mol. The molecule has 20 heavy (non-hydrogen) atoms. The molecule has 1 aromatic heterocycles. The van der Waals surface area contributed by atoms with Crippen molar-refractivity contribution in [1.82, 2.24) is 9.97 Å². The zero-order valence-electron chi connectivity index (χ0n) is 11.9. The summed E-state index contributed by atoms with van der Waals surface area (Å²) in [6.07, 6.45) is 4.34. The molecule has 0 aromatic carbocycles. The van der Waals surface area contributed by atoms with Gasteiger partial charge in [-0.3, -0.25) is 0 Å². The summed E-state index contributed by atoms with van der Waals surface area (Å²) in [6.45, 7) is 3.06. The summed E-state index contributed by atoms with van der Waals surface area (Å²) in [6, 6.07) is 2.46. The van der Waals surface area contributed by atoms with Crippen LogP contribution in [0, 0.1) is 23.7 Å². The molecule has 3 saturated carbocycles. The van der Waals surface area contributed by atoms with Crippen molar-refractivity contribution < 1.29 is 4.74 Å². The summed E-state index contributed by atoms with van der Waals surface area (Å²) in [4.78, 5) is 8.74. The summed E-state index contributed by atoms with van der Waals surface area (Å²) >= 11 is 0. The Kier molecular flexibility index (Phi) is 2.84. The van der Waals surface area contributed by atoms with Gasteiger partial charge in [-0.15, -0.1) is 0 Å². The normalized spacial score (nSPS) is 37.0. The quantitative estimate of drug-likeness (QED) is 0.859. The Morgan fingerprint density at radius 3 is 2.75 bits per heavy atom. The van der Waals surface area contributed by atoms with Gasteiger partial charge < -0.3 is 15.8 Å². The first-order valence-electron chi connectivity index (χ1n) is 7.74. The second kappa shape index (κ2) is 4.58. The minimum Gasteiger partial charge on any atom is -0.384 e. The van der Waals surface area contributed by atoms with E-state index in [-0.39, 0.29) is 0 Å². The van der Waals surface area contributed by atoms with Gasteiger partial charge in [0.1, 0.15) is 18.2 Å². The van der Waals surface area contributed by atoms with E-state index in [9.17, 15) is 0 Å². The van der Waals surface area contributed by atoms with Crippen LogP contribution in [-0.2, 0) is 11.3 Å². The van der Waals surface area contributed by atoms with Crippen LogP contribution in [0.4, 0.5) is 11.6 Å². The smallest absolute Gasteiger partial charge is 0.158 e. The molecule has 4 atom stereocenters. The predicted octanol–water partition coefficient (Wildman–Crippen LogP) is 2.05. The number of nitrogens with two attached hydrogens (primary N) is 1. The molecule has 0 aliphatic heterocycles. The van der Waals surface area contributed by atoms with Crippen LogP contribution < -0.4 is 11.1 Å². The molecule has 0 radical (unpaired) electrons. The van der Waals surface area contributed by atoms with E-state index in [0.29, 0.717) is 30.9 Å². The number of rotatable bonds is 5. The second-order valence-corrected chi connectivity index (χ2v) is 6.39. The predicted molar refractivity (Wildman–Crippen MR) is 77.0 cm³/mol. The topological polar surface area (TPSA) is 73.1 Å². The molecular formula is C15H22N4O. The molecule has 5 heteroatoms. The molecule has 3 aliphatic carbocycles. The Morgan fingerprint density at radius 1 is 1.30 bits per heavy atom. The van der Waals surface area contributed by atoms with Crippen molar-refractivity contribution in [3.63, 3.8) is 0 Å². The Bertz CT molecular complexity index is 505. The molecule has 0 amide bonds. The van der Waals surface area contributed by atoms with Crippen LogP contribution >= 0.6 is 0 Å². The fraction of sp³-hybridized carbons (Fsp3) is 0.733. The first-order valence-corrected chi connectivity index (χ1v) is 7.74. The summed E-state index contributed by atoms with van der Waals surface area (Å²) in [5.41, 5.74) is 5.86. The van der Waals surface area contributed by atoms with E-state index in [1.807, 2.05) is 13.0 Å². The summed E-state index contributed by atoms with van der Waals surface area (Å²) in [7, 11) is 0. The lowest BCUT2D eigenvalue weighted by Crippen LogP contribution is -2.15. The molecular weight excluding hydrogens is 252 g/mol. The lowest BCUT2D eigenvalue weighted by Gasteiger charge is -2.12. The number of nitrogens with zero attached hydrogens (tertiary/aromatic N) is 2. The van der Waals surface area contributed by atoms with Gasteiger partial charge in [-0.1, -0.05) is 0 Å². The second-order valence-electron chi connectivity index (χ2n) is 6.39. The van der Waals surface area contributed by atoms with Crippen LogP contribution in [0.1, 0.15) is 32.0 Å². The van der Waals surface area contributed by atoms with E-state index in [1.165, 1.54) is 19.3 Å². The van der Waals surface area contributed by atoms with Gasteiger partial charge in [0.2, 0.25) is 0 Å². The fourth-order valence-electron chi connectivity index (χ4n) is 4.54. The van der Waals surface area contributed by atoms with Gasteiger partial charge in [0.05, 0.1) is 0 Å². The van der Waals surface area contributed by atoms with E-state index in [4.69, 9.17) is 10.5 Å². The highest BCUT2D eigenvalue weighted by Gasteiger charge is 2.65. The first-order chi connectivity index (χ1) is 9.76. The van der Waals surface area contributed by atoms with Crippen LogP contribution in [0.5, 0.6) is 0 Å². The summed E-state index contributed by atoms with van der Waals surface area (Å²) in [5, 5.41) is 3.59. The van der Waals surface area contributed by atoms with Crippen molar-refractivity contribution in [2.75, 3.05) is 17.7 Å². The highest BCUT2D eigenvalue weighted by atomic mass is 16.5. The Labute approximate surface area is 119 Å². The standard InChI is InChI=1S/C15H22N4O/c1-2-20-7-12-17-10(16)6-11(18-12)19-15-13-8-3-4-9(5-8)14(13)15/h6,8-9,13-15H,2-5,7H2,1H3,(H3,16,17,18,19). The van der Waals surface area contributed by atoms with E-state index in [2.05, 4.69) is 15.3 Å². The molecule has 4 rings (SSSR count). The van der Waals surface area contributed by atoms with Gasteiger partial charge in [-0.05, 0) is 49.9 Å². The minimum absolute atomic E-state index is 0.430. The third-order valence-corrected chi connectivity index (χ3v) is 5.28. The van der Waals surface area contributed by atoms with Gasteiger partial charge in [0.15, 0.2) is 5.82 Å². The van der Waals surface area contributed by atoms with Crippen molar-refractivity contribution in [1.29, 1.82) is 0 Å². The molecule has 3 N–H and O–H groups in total. The lowest BCUT2D eigenvalue weighted by atomic mass is 10.0. The molecule has 3 fully saturated rings. The average Bonchev–Trinajstić information content (AvgIpc) is 2.83. The largest absolute Gasteiger partial charge is 0.384 e. The summed E-state index contributed by atoms with van der Waals surface area (Å²) < 4.78 is 5.36. The highest BCUT2D eigenvalue weighted by molar-refractivity contribution is 5.47. The number of anilines is 2. The molecule has 1 heterocycles. The number of fused-ring (bicyclic) bond motifs is 5. The maximum Gasteiger partial charge on any atom is 0.158 e. The van der Waals surface area contributed by atoms with Crippen molar-refractivity contribution in [2.24, 2.45) is 23.7 Å². The molecule has 1 aromatic rings. The molecule has 2 bridgehead atoms. The Morgan fingerprint density at radius 2 is 2.05 bits per heavy atom. The zero-order valence-corrected chi connectivity index (χ0v) is 11.9. The number of hydrogen-bond donors (Lipinski definition) is 2. The molecule has 5 nitrogen and oxygen atoms in total. The van der Waals surface area contributed by atoms with Crippen molar-refractivity contribution in [3.05, 3.63) is 11.9 Å². The number of aromatic nitrogens is 2. The monoisotopic (exact) mass is 274 g/mol. The minimum atomic E-state index is 0.430. The number of ether oxygens (including phenoxy) is 1. The van der Waals surface area contributed by atoms with Crippen molar-refractivity contribution in [2.45, 2.75) is 38.8 Å². The maximum absolute atomic E-state index is 5.86.